The molecule has 1 aromatic carbocycles. The zero-order valence-corrected chi connectivity index (χ0v) is 14.9. The van der Waals surface area contributed by atoms with E-state index in [1.54, 1.807) is 30.7 Å². The molecule has 0 radical (unpaired) electrons. The van der Waals surface area contributed by atoms with E-state index in [0.717, 1.165) is 11.4 Å². The number of hydrogen-bond acceptors (Lipinski definition) is 5. The maximum Gasteiger partial charge on any atom is 0.312 e. The van der Waals surface area contributed by atoms with Crippen LogP contribution in [-0.2, 0) is 13.2 Å². The summed E-state index contributed by atoms with van der Waals surface area (Å²) in [4.78, 5) is 31.4. The highest BCUT2D eigenvalue weighted by atomic mass is 16.6. The second-order valence-electron chi connectivity index (χ2n) is 6.24. The average molecular weight is 357 g/mol. The van der Waals surface area contributed by atoms with Gasteiger partial charge in [0, 0.05) is 0 Å². The van der Waals surface area contributed by atoms with Crippen molar-refractivity contribution in [2.45, 2.75) is 34.0 Å². The number of H-pyrrole nitrogens is 1. The third-order valence-corrected chi connectivity index (χ3v) is 4.48. The Kier molecular flexibility index (Phi) is 4.81. The summed E-state index contributed by atoms with van der Waals surface area (Å²) < 4.78 is 1.64. The van der Waals surface area contributed by atoms with E-state index in [1.165, 1.54) is 0 Å². The zero-order chi connectivity index (χ0) is 18.8. The summed E-state index contributed by atoms with van der Waals surface area (Å²) in [6.07, 6.45) is 0. The molecule has 0 spiro atoms. The first kappa shape index (κ1) is 17.7. The fourth-order valence-corrected chi connectivity index (χ4v) is 3.07. The molecule has 0 amide bonds. The van der Waals surface area contributed by atoms with Crippen LogP contribution in [-0.4, -0.2) is 31.2 Å². The van der Waals surface area contributed by atoms with Gasteiger partial charge >= 0.3 is 5.69 Å². The normalized spacial score (nSPS) is 12.4. The number of aromatic nitrogens is 4. The number of quaternary nitrogens is 1. The van der Waals surface area contributed by atoms with Gasteiger partial charge in [-0.25, -0.2) is 9.67 Å². The number of nitrogens with one attached hydrogen (secondary N) is 2. The first-order valence-electron chi connectivity index (χ1n) is 8.40. The van der Waals surface area contributed by atoms with E-state index in [4.69, 9.17) is 0 Å². The van der Waals surface area contributed by atoms with Gasteiger partial charge in [-0.3, -0.25) is 14.9 Å². The molecular formula is C17H21N6O3+. The van der Waals surface area contributed by atoms with Gasteiger partial charge in [0.2, 0.25) is 0 Å². The van der Waals surface area contributed by atoms with Crippen molar-refractivity contribution in [3.05, 3.63) is 61.9 Å². The van der Waals surface area contributed by atoms with Crippen molar-refractivity contribution >= 4 is 16.6 Å². The summed E-state index contributed by atoms with van der Waals surface area (Å²) in [5.41, 5.74) is 1.47. The molecule has 3 rings (SSSR count). The van der Waals surface area contributed by atoms with Gasteiger partial charge in [-0.2, -0.15) is 5.10 Å². The summed E-state index contributed by atoms with van der Waals surface area (Å²) in [5, 5.41) is 16.0. The van der Waals surface area contributed by atoms with Crippen LogP contribution in [0, 0.1) is 24.0 Å². The summed E-state index contributed by atoms with van der Waals surface area (Å²) in [5.74, 6) is 0.585. The molecule has 0 aliphatic heterocycles. The first-order chi connectivity index (χ1) is 12.4. The van der Waals surface area contributed by atoms with Crippen LogP contribution >= 0.6 is 0 Å². The van der Waals surface area contributed by atoms with Crippen LogP contribution in [0.1, 0.15) is 24.1 Å². The molecule has 1 atom stereocenters. The topological polar surface area (TPSA) is 111 Å². The zero-order valence-electron chi connectivity index (χ0n) is 14.9. The smallest absolute Gasteiger partial charge is 0.310 e. The van der Waals surface area contributed by atoms with E-state index in [-0.39, 0.29) is 11.2 Å². The Morgan fingerprint density at radius 3 is 2.69 bits per heavy atom. The van der Waals surface area contributed by atoms with Gasteiger partial charge in [-0.05, 0) is 32.9 Å². The molecule has 2 aromatic heterocycles. The third-order valence-electron chi connectivity index (χ3n) is 4.48. The molecule has 0 aliphatic carbocycles. The number of benzene rings is 1. The summed E-state index contributed by atoms with van der Waals surface area (Å²) in [7, 11) is 0. The molecule has 9 nitrogen and oxygen atoms in total. The molecule has 0 fully saturated rings. The number of nitrogens with zero attached hydrogens (tertiary/aromatic N) is 4. The highest BCUT2D eigenvalue weighted by molar-refractivity contribution is 5.77. The van der Waals surface area contributed by atoms with Gasteiger partial charge in [-0.1, -0.05) is 12.1 Å². The Bertz CT molecular complexity index is 1020. The van der Waals surface area contributed by atoms with Gasteiger partial charge < -0.3 is 9.88 Å². The standard InChI is InChI=1S/C17H20N6O3/c1-4-21(10-22-12(3)16(23(25)26)11(2)20-22)9-15-18-14-8-6-5-7-13(14)17(24)19-15/h5-8H,4,9-10H2,1-3H3,(H,18,19,24)/p+1. The molecule has 0 saturated carbocycles. The molecule has 0 aliphatic rings. The first-order valence-corrected chi connectivity index (χ1v) is 8.40. The summed E-state index contributed by atoms with van der Waals surface area (Å²) in [6.45, 7) is 7.03. The van der Waals surface area contributed by atoms with Crippen molar-refractivity contribution in [2.75, 3.05) is 6.54 Å². The van der Waals surface area contributed by atoms with Crippen LogP contribution in [0.4, 0.5) is 5.69 Å². The average Bonchev–Trinajstić information content (AvgIpc) is 2.88. The summed E-state index contributed by atoms with van der Waals surface area (Å²) >= 11 is 0. The Hall–Kier alpha value is -3.07. The Morgan fingerprint density at radius 2 is 2.04 bits per heavy atom. The minimum Gasteiger partial charge on any atom is -0.310 e. The van der Waals surface area contributed by atoms with Gasteiger partial charge in [0.25, 0.3) is 5.56 Å². The molecule has 3 aromatic rings. The highest BCUT2D eigenvalue weighted by Crippen LogP contribution is 2.20. The lowest BCUT2D eigenvalue weighted by Crippen LogP contribution is -3.09. The number of fused-ring (bicyclic) bond motifs is 1. The van der Waals surface area contributed by atoms with Gasteiger partial charge in [0.1, 0.15) is 17.9 Å². The van der Waals surface area contributed by atoms with Crippen LogP contribution in [0.25, 0.3) is 10.9 Å². The molecule has 136 valence electrons. The van der Waals surface area contributed by atoms with Gasteiger partial charge in [0.15, 0.2) is 12.5 Å². The fourth-order valence-electron chi connectivity index (χ4n) is 3.07. The molecular weight excluding hydrogens is 336 g/mol. The number of rotatable bonds is 6. The lowest BCUT2D eigenvalue weighted by molar-refractivity contribution is -0.935. The van der Waals surface area contributed by atoms with E-state index in [0.29, 0.717) is 41.3 Å². The predicted octanol–water partition coefficient (Wildman–Crippen LogP) is 0.707. The van der Waals surface area contributed by atoms with E-state index >= 15 is 0 Å². The molecule has 0 saturated heterocycles. The molecule has 2 N–H and O–H groups in total. The monoisotopic (exact) mass is 357 g/mol. The molecule has 9 heteroatoms. The maximum atomic E-state index is 12.2. The van der Waals surface area contributed by atoms with Gasteiger partial charge in [-0.15, -0.1) is 0 Å². The quantitative estimate of drug-likeness (QED) is 0.498. The lowest BCUT2D eigenvalue weighted by atomic mass is 10.2. The fraction of sp³-hybridized carbons (Fsp3) is 0.353. The van der Waals surface area contributed by atoms with Crippen molar-refractivity contribution in [1.29, 1.82) is 0 Å². The van der Waals surface area contributed by atoms with Crippen molar-refractivity contribution < 1.29 is 9.82 Å². The number of nitro groups is 1. The van der Waals surface area contributed by atoms with Crippen LogP contribution in [0.5, 0.6) is 0 Å². The van der Waals surface area contributed by atoms with Crippen LogP contribution in [0.3, 0.4) is 0 Å². The van der Waals surface area contributed by atoms with E-state index < -0.39 is 4.92 Å². The van der Waals surface area contributed by atoms with Crippen molar-refractivity contribution in [1.82, 2.24) is 19.7 Å². The third kappa shape index (κ3) is 3.33. The van der Waals surface area contributed by atoms with Crippen LogP contribution < -0.4 is 10.5 Å². The van der Waals surface area contributed by atoms with Crippen molar-refractivity contribution in [3.8, 4) is 0 Å². The van der Waals surface area contributed by atoms with E-state index in [1.807, 2.05) is 19.1 Å². The predicted molar refractivity (Wildman–Crippen MR) is 95.9 cm³/mol. The lowest BCUT2D eigenvalue weighted by Gasteiger charge is -2.17. The Balaban J connectivity index is 1.86. The Labute approximate surface area is 149 Å². The summed E-state index contributed by atoms with van der Waals surface area (Å²) in [6, 6.07) is 7.20. The van der Waals surface area contributed by atoms with Gasteiger partial charge in [0.05, 0.1) is 22.4 Å². The molecule has 2 heterocycles. The van der Waals surface area contributed by atoms with Crippen molar-refractivity contribution in [2.24, 2.45) is 0 Å². The highest BCUT2D eigenvalue weighted by Gasteiger charge is 2.23. The SMILES string of the molecule is CC[NH+](Cc1nc2ccccc2c(=O)[nH]1)Cn1nc(C)c([N+](=O)[O-])c1C. The van der Waals surface area contributed by atoms with E-state index in [9.17, 15) is 14.9 Å². The van der Waals surface area contributed by atoms with Crippen LogP contribution in [0.2, 0.25) is 0 Å². The van der Waals surface area contributed by atoms with Crippen molar-refractivity contribution in [3.63, 3.8) is 0 Å². The Morgan fingerprint density at radius 1 is 1.31 bits per heavy atom. The number of hydrogen-bond donors (Lipinski definition) is 2. The molecule has 1 unspecified atom stereocenters. The van der Waals surface area contributed by atoms with E-state index in [2.05, 4.69) is 15.1 Å². The maximum absolute atomic E-state index is 12.2. The minimum atomic E-state index is -0.401. The largest absolute Gasteiger partial charge is 0.312 e. The minimum absolute atomic E-state index is 0.0534. The molecule has 26 heavy (non-hydrogen) atoms. The second kappa shape index (κ2) is 7.04. The number of aromatic amines is 1. The molecule has 0 bridgehead atoms. The second-order valence-corrected chi connectivity index (χ2v) is 6.24. The number of para-hydroxylation sites is 1. The van der Waals surface area contributed by atoms with Crippen LogP contribution in [0.15, 0.2) is 29.1 Å². The number of aryl methyl sites for hydroxylation is 1.